The van der Waals surface area contributed by atoms with Crippen LogP contribution in [0.25, 0.3) is 0 Å². The maximum Gasteiger partial charge on any atom is 0.319 e. The van der Waals surface area contributed by atoms with Crippen LogP contribution in [0.5, 0.6) is 0 Å². The van der Waals surface area contributed by atoms with E-state index in [2.05, 4.69) is 53.9 Å². The fourth-order valence-corrected chi connectivity index (χ4v) is 2.67. The molecule has 0 unspecified atom stereocenters. The number of hydrogen-bond acceptors (Lipinski definition) is 2. The lowest BCUT2D eigenvalue weighted by molar-refractivity contribution is -0.890. The number of hydrogen-bond donors (Lipinski definition) is 3. The SMILES string of the molecule is Cc1ccc(NC(=O)NC[C@H](c2ccc(N(C)C)cc2)[NH+](C)C)cc1. The lowest BCUT2D eigenvalue weighted by atomic mass is 10.1. The zero-order valence-electron chi connectivity index (χ0n) is 15.8. The summed E-state index contributed by atoms with van der Waals surface area (Å²) < 4.78 is 0. The molecule has 0 saturated carbocycles. The fraction of sp³-hybridized carbons (Fsp3) is 0.350. The van der Waals surface area contributed by atoms with Gasteiger partial charge >= 0.3 is 6.03 Å². The first-order valence-electron chi connectivity index (χ1n) is 8.55. The fourth-order valence-electron chi connectivity index (χ4n) is 2.67. The number of aryl methyl sites for hydroxylation is 1. The molecule has 2 aromatic rings. The molecule has 2 rings (SSSR count). The number of carbonyl (C=O) groups is 1. The number of anilines is 2. The summed E-state index contributed by atoms with van der Waals surface area (Å²) >= 11 is 0. The molecule has 0 spiro atoms. The quantitative estimate of drug-likeness (QED) is 0.753. The van der Waals surface area contributed by atoms with Crippen molar-refractivity contribution in [1.29, 1.82) is 0 Å². The van der Waals surface area contributed by atoms with Crippen LogP contribution in [-0.4, -0.2) is 40.8 Å². The molecule has 0 radical (unpaired) electrons. The molecule has 0 heterocycles. The standard InChI is InChI=1S/C20H28N4O/c1-15-6-10-17(11-7-15)22-20(25)21-14-19(24(4)5)16-8-12-18(13-9-16)23(2)3/h6-13,19H,14H2,1-5H3,(H2,21,22,25)/p+1/t19-/m1/s1. The van der Waals surface area contributed by atoms with Crippen LogP contribution >= 0.6 is 0 Å². The highest BCUT2D eigenvalue weighted by Crippen LogP contribution is 2.16. The molecular formula is C20H29N4O+. The second kappa shape index (κ2) is 8.53. The molecule has 5 heteroatoms. The van der Waals surface area contributed by atoms with E-state index in [0.29, 0.717) is 6.54 Å². The van der Waals surface area contributed by atoms with Crippen molar-refractivity contribution in [2.75, 3.05) is 45.0 Å². The van der Waals surface area contributed by atoms with Gasteiger partial charge in [-0.2, -0.15) is 0 Å². The highest BCUT2D eigenvalue weighted by molar-refractivity contribution is 5.89. The molecule has 0 saturated heterocycles. The van der Waals surface area contributed by atoms with Crippen LogP contribution in [0, 0.1) is 6.92 Å². The first-order valence-corrected chi connectivity index (χ1v) is 8.55. The minimum Gasteiger partial charge on any atom is -0.378 e. The largest absolute Gasteiger partial charge is 0.378 e. The van der Waals surface area contributed by atoms with Crippen LogP contribution in [-0.2, 0) is 0 Å². The van der Waals surface area contributed by atoms with Gasteiger partial charge in [-0.1, -0.05) is 29.8 Å². The summed E-state index contributed by atoms with van der Waals surface area (Å²) in [4.78, 5) is 15.5. The first-order chi connectivity index (χ1) is 11.9. The van der Waals surface area contributed by atoms with Gasteiger partial charge in [0.2, 0.25) is 0 Å². The number of rotatable bonds is 6. The number of quaternary nitrogens is 1. The molecule has 5 nitrogen and oxygen atoms in total. The monoisotopic (exact) mass is 341 g/mol. The summed E-state index contributed by atoms with van der Waals surface area (Å²) in [6, 6.07) is 16.3. The van der Waals surface area contributed by atoms with Crippen molar-refractivity contribution in [2.45, 2.75) is 13.0 Å². The van der Waals surface area contributed by atoms with Crippen molar-refractivity contribution >= 4 is 17.4 Å². The molecule has 0 aliphatic heterocycles. The van der Waals surface area contributed by atoms with Gasteiger partial charge in [0.1, 0.15) is 6.04 Å². The van der Waals surface area contributed by atoms with Crippen LogP contribution in [0.1, 0.15) is 17.2 Å². The van der Waals surface area contributed by atoms with Crippen molar-refractivity contribution in [3.05, 3.63) is 59.7 Å². The molecule has 3 N–H and O–H groups in total. The van der Waals surface area contributed by atoms with Gasteiger partial charge in [0.25, 0.3) is 0 Å². The highest BCUT2D eigenvalue weighted by atomic mass is 16.2. The Morgan fingerprint density at radius 1 is 1.04 bits per heavy atom. The lowest BCUT2D eigenvalue weighted by Gasteiger charge is -2.23. The van der Waals surface area contributed by atoms with E-state index in [4.69, 9.17) is 0 Å². The molecule has 0 aliphatic carbocycles. The van der Waals surface area contributed by atoms with E-state index in [1.807, 2.05) is 45.3 Å². The van der Waals surface area contributed by atoms with Crippen molar-refractivity contribution in [1.82, 2.24) is 5.32 Å². The maximum atomic E-state index is 12.2. The minimum atomic E-state index is -0.181. The molecule has 2 aromatic carbocycles. The minimum absolute atomic E-state index is 0.181. The zero-order valence-corrected chi connectivity index (χ0v) is 15.8. The van der Waals surface area contributed by atoms with Gasteiger partial charge in [-0.25, -0.2) is 4.79 Å². The van der Waals surface area contributed by atoms with Gasteiger partial charge < -0.3 is 20.4 Å². The number of likely N-dealkylation sites (N-methyl/N-ethyl adjacent to an activating group) is 1. The van der Waals surface area contributed by atoms with Gasteiger partial charge in [-0.05, 0) is 31.2 Å². The van der Waals surface area contributed by atoms with Crippen molar-refractivity contribution < 1.29 is 9.69 Å². The Morgan fingerprint density at radius 2 is 1.64 bits per heavy atom. The van der Waals surface area contributed by atoms with E-state index >= 15 is 0 Å². The Kier molecular flexibility index (Phi) is 6.42. The number of nitrogens with one attached hydrogen (secondary N) is 3. The summed E-state index contributed by atoms with van der Waals surface area (Å²) in [6.45, 7) is 2.59. The average Bonchev–Trinajstić information content (AvgIpc) is 2.57. The predicted octanol–water partition coefficient (Wildman–Crippen LogP) is 2.07. The summed E-state index contributed by atoms with van der Waals surface area (Å²) in [5.74, 6) is 0. The van der Waals surface area contributed by atoms with Crippen LogP contribution in [0.15, 0.2) is 48.5 Å². The third-order valence-electron chi connectivity index (χ3n) is 4.28. The van der Waals surface area contributed by atoms with E-state index in [1.54, 1.807) is 0 Å². The predicted molar refractivity (Wildman–Crippen MR) is 105 cm³/mol. The van der Waals surface area contributed by atoms with Gasteiger partial charge in [0, 0.05) is 31.0 Å². The number of carbonyl (C=O) groups excluding carboxylic acids is 1. The summed E-state index contributed by atoms with van der Waals surface area (Å²) in [5.41, 5.74) is 4.35. The Bertz CT molecular complexity index is 678. The average molecular weight is 341 g/mol. The van der Waals surface area contributed by atoms with Crippen molar-refractivity contribution in [3.8, 4) is 0 Å². The van der Waals surface area contributed by atoms with Gasteiger partial charge in [0.15, 0.2) is 0 Å². The maximum absolute atomic E-state index is 12.2. The lowest BCUT2D eigenvalue weighted by Crippen LogP contribution is -3.07. The van der Waals surface area contributed by atoms with Gasteiger partial charge in [0.05, 0.1) is 20.6 Å². The second-order valence-electron chi connectivity index (χ2n) is 6.82. The first kappa shape index (κ1) is 18.8. The zero-order chi connectivity index (χ0) is 18.4. The van der Waals surface area contributed by atoms with E-state index in [1.165, 1.54) is 21.7 Å². The van der Waals surface area contributed by atoms with Crippen LogP contribution < -0.4 is 20.4 Å². The molecule has 0 bridgehead atoms. The molecule has 0 fully saturated rings. The number of amides is 2. The third-order valence-corrected chi connectivity index (χ3v) is 4.28. The highest BCUT2D eigenvalue weighted by Gasteiger charge is 2.18. The van der Waals surface area contributed by atoms with E-state index in [9.17, 15) is 4.79 Å². The smallest absolute Gasteiger partial charge is 0.319 e. The molecule has 25 heavy (non-hydrogen) atoms. The van der Waals surface area contributed by atoms with Crippen molar-refractivity contribution in [2.24, 2.45) is 0 Å². The third kappa shape index (κ3) is 5.50. The van der Waals surface area contributed by atoms with E-state index in [-0.39, 0.29) is 12.1 Å². The Labute approximate surface area is 150 Å². The summed E-state index contributed by atoms with van der Waals surface area (Å²) in [7, 11) is 8.26. The Hall–Kier alpha value is -2.53. The van der Waals surface area contributed by atoms with Crippen LogP contribution in [0.4, 0.5) is 16.2 Å². The normalized spacial score (nSPS) is 11.9. The Morgan fingerprint density at radius 3 is 2.16 bits per heavy atom. The molecule has 134 valence electrons. The summed E-state index contributed by atoms with van der Waals surface area (Å²) in [6.07, 6.45) is 0. The summed E-state index contributed by atoms with van der Waals surface area (Å²) in [5, 5.41) is 5.85. The molecule has 0 aliphatic rings. The van der Waals surface area contributed by atoms with Crippen LogP contribution in [0.3, 0.4) is 0 Å². The second-order valence-corrected chi connectivity index (χ2v) is 6.82. The topological polar surface area (TPSA) is 48.8 Å². The molecular weight excluding hydrogens is 312 g/mol. The molecule has 1 atom stereocenters. The van der Waals surface area contributed by atoms with E-state index < -0.39 is 0 Å². The number of urea groups is 1. The van der Waals surface area contributed by atoms with Crippen LogP contribution in [0.2, 0.25) is 0 Å². The Balaban J connectivity index is 1.96. The van der Waals surface area contributed by atoms with E-state index in [0.717, 1.165) is 5.69 Å². The molecule has 0 aromatic heterocycles. The molecule has 2 amide bonds. The van der Waals surface area contributed by atoms with Crippen molar-refractivity contribution in [3.63, 3.8) is 0 Å². The van der Waals surface area contributed by atoms with Gasteiger partial charge in [-0.15, -0.1) is 0 Å². The van der Waals surface area contributed by atoms with Gasteiger partial charge in [-0.3, -0.25) is 0 Å². The number of benzene rings is 2. The number of nitrogens with zero attached hydrogens (tertiary/aromatic N) is 1.